The van der Waals surface area contributed by atoms with Gasteiger partial charge in [-0.25, -0.2) is 0 Å². The van der Waals surface area contributed by atoms with Gasteiger partial charge in [-0.15, -0.1) is 11.6 Å². The van der Waals surface area contributed by atoms with Gasteiger partial charge in [-0.2, -0.15) is 0 Å². The first-order valence-corrected chi connectivity index (χ1v) is 6.24. The van der Waals surface area contributed by atoms with E-state index in [1.165, 1.54) is 7.11 Å². The van der Waals surface area contributed by atoms with E-state index in [2.05, 4.69) is 5.32 Å². The summed E-state index contributed by atoms with van der Waals surface area (Å²) in [6, 6.07) is 5.12. The standard InChI is InChI=1S/C13H18ClNO3/c1-9(6-7-14)15-13(16)11-5-4-10(17-2)8-12(11)18-3/h4-5,8-9H,6-7H2,1-3H3,(H,15,16). The number of rotatable bonds is 6. The highest BCUT2D eigenvalue weighted by atomic mass is 35.5. The number of amides is 1. The molecule has 0 fully saturated rings. The summed E-state index contributed by atoms with van der Waals surface area (Å²) < 4.78 is 10.3. The summed E-state index contributed by atoms with van der Waals surface area (Å²) in [5.74, 6) is 1.48. The second-order valence-electron chi connectivity index (χ2n) is 3.92. The van der Waals surface area contributed by atoms with Gasteiger partial charge in [-0.05, 0) is 25.5 Å². The quantitative estimate of drug-likeness (QED) is 0.809. The molecule has 0 aromatic heterocycles. The van der Waals surface area contributed by atoms with E-state index in [0.717, 1.165) is 6.42 Å². The molecular formula is C13H18ClNO3. The molecule has 0 aliphatic heterocycles. The molecule has 0 heterocycles. The van der Waals surface area contributed by atoms with Crippen molar-refractivity contribution in [2.24, 2.45) is 0 Å². The monoisotopic (exact) mass is 271 g/mol. The zero-order valence-electron chi connectivity index (χ0n) is 10.8. The highest BCUT2D eigenvalue weighted by Gasteiger charge is 2.15. The summed E-state index contributed by atoms with van der Waals surface area (Å²) in [4.78, 5) is 12.0. The largest absolute Gasteiger partial charge is 0.497 e. The van der Waals surface area contributed by atoms with Gasteiger partial charge in [0.05, 0.1) is 19.8 Å². The molecule has 0 aliphatic rings. The van der Waals surface area contributed by atoms with Crippen molar-refractivity contribution in [3.8, 4) is 11.5 Å². The predicted octanol–water partition coefficient (Wildman–Crippen LogP) is 2.45. The lowest BCUT2D eigenvalue weighted by Gasteiger charge is -2.14. The molecule has 1 aromatic rings. The number of nitrogens with one attached hydrogen (secondary N) is 1. The van der Waals surface area contributed by atoms with E-state index in [1.54, 1.807) is 25.3 Å². The van der Waals surface area contributed by atoms with Crippen LogP contribution < -0.4 is 14.8 Å². The lowest BCUT2D eigenvalue weighted by Crippen LogP contribution is -2.33. The first-order chi connectivity index (χ1) is 8.62. The van der Waals surface area contributed by atoms with E-state index in [0.29, 0.717) is 22.9 Å². The van der Waals surface area contributed by atoms with Crippen LogP contribution in [0.1, 0.15) is 23.7 Å². The average molecular weight is 272 g/mol. The smallest absolute Gasteiger partial charge is 0.255 e. The average Bonchev–Trinajstić information content (AvgIpc) is 2.38. The van der Waals surface area contributed by atoms with Crippen LogP contribution in [0.15, 0.2) is 18.2 Å². The van der Waals surface area contributed by atoms with E-state index in [4.69, 9.17) is 21.1 Å². The third kappa shape index (κ3) is 3.81. The molecule has 0 aliphatic carbocycles. The van der Waals surface area contributed by atoms with Gasteiger partial charge in [-0.3, -0.25) is 4.79 Å². The lowest BCUT2D eigenvalue weighted by molar-refractivity contribution is 0.0936. The first-order valence-electron chi connectivity index (χ1n) is 5.71. The molecule has 1 rings (SSSR count). The highest BCUT2D eigenvalue weighted by molar-refractivity contribution is 6.17. The van der Waals surface area contributed by atoms with Crippen molar-refractivity contribution in [1.82, 2.24) is 5.32 Å². The minimum atomic E-state index is -0.174. The topological polar surface area (TPSA) is 47.6 Å². The third-order valence-electron chi connectivity index (χ3n) is 2.57. The predicted molar refractivity (Wildman–Crippen MR) is 71.8 cm³/mol. The van der Waals surface area contributed by atoms with Crippen molar-refractivity contribution in [2.75, 3.05) is 20.1 Å². The zero-order valence-corrected chi connectivity index (χ0v) is 11.6. The minimum Gasteiger partial charge on any atom is -0.497 e. The van der Waals surface area contributed by atoms with Gasteiger partial charge < -0.3 is 14.8 Å². The van der Waals surface area contributed by atoms with Crippen LogP contribution in [0.3, 0.4) is 0 Å². The van der Waals surface area contributed by atoms with Crippen LogP contribution >= 0.6 is 11.6 Å². The molecule has 0 bridgehead atoms. The van der Waals surface area contributed by atoms with Crippen LogP contribution in [0.5, 0.6) is 11.5 Å². The van der Waals surface area contributed by atoms with Crippen LogP contribution in [-0.2, 0) is 0 Å². The van der Waals surface area contributed by atoms with E-state index in [1.807, 2.05) is 6.92 Å². The molecule has 0 saturated heterocycles. The van der Waals surface area contributed by atoms with Crippen LogP contribution in [0.4, 0.5) is 0 Å². The Hall–Kier alpha value is -1.42. The van der Waals surface area contributed by atoms with Crippen LogP contribution in [0.2, 0.25) is 0 Å². The molecule has 1 aromatic carbocycles. The Labute approximate surface area is 112 Å². The van der Waals surface area contributed by atoms with Gasteiger partial charge in [0.25, 0.3) is 5.91 Å². The molecule has 4 nitrogen and oxygen atoms in total. The van der Waals surface area contributed by atoms with Gasteiger partial charge >= 0.3 is 0 Å². The van der Waals surface area contributed by atoms with Crippen molar-refractivity contribution in [3.63, 3.8) is 0 Å². The molecule has 0 saturated carbocycles. The number of alkyl halides is 1. The summed E-state index contributed by atoms with van der Waals surface area (Å²) in [5.41, 5.74) is 0.486. The molecule has 0 spiro atoms. The highest BCUT2D eigenvalue weighted by Crippen LogP contribution is 2.24. The summed E-state index contributed by atoms with van der Waals surface area (Å²) in [6.07, 6.45) is 0.728. The molecule has 100 valence electrons. The number of benzene rings is 1. The molecule has 1 atom stereocenters. The summed E-state index contributed by atoms with van der Waals surface area (Å²) in [5, 5.41) is 2.87. The van der Waals surface area contributed by atoms with Gasteiger partial charge in [0.1, 0.15) is 11.5 Å². The maximum absolute atomic E-state index is 12.0. The van der Waals surface area contributed by atoms with Crippen molar-refractivity contribution in [2.45, 2.75) is 19.4 Å². The SMILES string of the molecule is COc1ccc(C(=O)NC(C)CCCl)c(OC)c1. The van der Waals surface area contributed by atoms with Crippen molar-refractivity contribution < 1.29 is 14.3 Å². The second kappa shape index (κ2) is 7.11. The summed E-state index contributed by atoms with van der Waals surface area (Å²) in [6.45, 7) is 1.91. The molecular weight excluding hydrogens is 254 g/mol. The molecule has 1 amide bonds. The van der Waals surface area contributed by atoms with Gasteiger partial charge in [-0.1, -0.05) is 0 Å². The fourth-order valence-corrected chi connectivity index (χ4v) is 1.85. The first kappa shape index (κ1) is 14.6. The lowest BCUT2D eigenvalue weighted by atomic mass is 10.1. The van der Waals surface area contributed by atoms with Crippen LogP contribution in [0.25, 0.3) is 0 Å². The van der Waals surface area contributed by atoms with Crippen molar-refractivity contribution in [3.05, 3.63) is 23.8 Å². The van der Waals surface area contributed by atoms with E-state index < -0.39 is 0 Å². The number of methoxy groups -OCH3 is 2. The normalized spacial score (nSPS) is 11.8. The Kier molecular flexibility index (Phi) is 5.78. The molecule has 1 N–H and O–H groups in total. The Bertz CT molecular complexity index is 409. The summed E-state index contributed by atoms with van der Waals surface area (Å²) >= 11 is 5.63. The minimum absolute atomic E-state index is 0.0295. The van der Waals surface area contributed by atoms with Crippen LogP contribution in [-0.4, -0.2) is 32.0 Å². The maximum atomic E-state index is 12.0. The Balaban J connectivity index is 2.84. The second-order valence-corrected chi connectivity index (χ2v) is 4.30. The number of carbonyl (C=O) groups excluding carboxylic acids is 1. The summed E-state index contributed by atoms with van der Waals surface area (Å²) in [7, 11) is 3.09. The molecule has 5 heteroatoms. The van der Waals surface area contributed by atoms with E-state index in [9.17, 15) is 4.79 Å². The number of hydrogen-bond acceptors (Lipinski definition) is 3. The number of carbonyl (C=O) groups is 1. The third-order valence-corrected chi connectivity index (χ3v) is 2.79. The van der Waals surface area contributed by atoms with Crippen molar-refractivity contribution in [1.29, 1.82) is 0 Å². The van der Waals surface area contributed by atoms with E-state index in [-0.39, 0.29) is 11.9 Å². The fourth-order valence-electron chi connectivity index (χ4n) is 1.52. The number of halogens is 1. The number of hydrogen-bond donors (Lipinski definition) is 1. The van der Waals surface area contributed by atoms with Crippen molar-refractivity contribution >= 4 is 17.5 Å². The van der Waals surface area contributed by atoms with Crippen LogP contribution in [0, 0.1) is 0 Å². The zero-order chi connectivity index (χ0) is 13.5. The Morgan fingerprint density at radius 1 is 1.39 bits per heavy atom. The van der Waals surface area contributed by atoms with Gasteiger partial charge in [0.2, 0.25) is 0 Å². The maximum Gasteiger partial charge on any atom is 0.255 e. The fraction of sp³-hybridized carbons (Fsp3) is 0.462. The molecule has 18 heavy (non-hydrogen) atoms. The Morgan fingerprint density at radius 3 is 2.67 bits per heavy atom. The Morgan fingerprint density at radius 2 is 2.11 bits per heavy atom. The molecule has 0 radical (unpaired) electrons. The van der Waals surface area contributed by atoms with Gasteiger partial charge in [0, 0.05) is 18.0 Å². The van der Waals surface area contributed by atoms with Gasteiger partial charge in [0.15, 0.2) is 0 Å². The molecule has 1 unspecified atom stereocenters. The van der Waals surface area contributed by atoms with E-state index >= 15 is 0 Å². The number of ether oxygens (including phenoxy) is 2.